The van der Waals surface area contributed by atoms with Crippen molar-refractivity contribution < 1.29 is 19.4 Å². The number of ether oxygens (including phenoxy) is 1. The van der Waals surface area contributed by atoms with Crippen LogP contribution in [0.4, 0.5) is 0 Å². The molecule has 2 heterocycles. The molecule has 1 N–H and O–H groups in total. The summed E-state index contributed by atoms with van der Waals surface area (Å²) in [5, 5.41) is 10.0. The fraction of sp³-hybridized carbons (Fsp3) is 0.290. The van der Waals surface area contributed by atoms with E-state index < -0.39 is 34.7 Å². The summed E-state index contributed by atoms with van der Waals surface area (Å²) in [6.45, 7) is 3.63. The Balaban J connectivity index is 1.52. The van der Waals surface area contributed by atoms with Gasteiger partial charge in [-0.15, -0.1) is 0 Å². The van der Waals surface area contributed by atoms with E-state index >= 15 is 0 Å². The summed E-state index contributed by atoms with van der Waals surface area (Å²) < 4.78 is 9.26. The predicted molar refractivity (Wildman–Crippen MR) is 149 cm³/mol. The highest BCUT2D eigenvalue weighted by Crippen LogP contribution is 2.56. The molecule has 0 spiro atoms. The van der Waals surface area contributed by atoms with Gasteiger partial charge >= 0.3 is 11.4 Å². The van der Waals surface area contributed by atoms with Crippen molar-refractivity contribution in [3.05, 3.63) is 104 Å². The summed E-state index contributed by atoms with van der Waals surface area (Å²) in [6, 6.07) is 13.1. The topological polar surface area (TPSA) is 113 Å². The molecule has 1 aliphatic heterocycles. The molecule has 9 heteroatoms. The molecule has 0 radical (unpaired) electrons. The van der Waals surface area contributed by atoms with Crippen molar-refractivity contribution in [3.8, 4) is 17.2 Å². The van der Waals surface area contributed by atoms with Crippen molar-refractivity contribution in [1.29, 1.82) is 0 Å². The van der Waals surface area contributed by atoms with Crippen molar-refractivity contribution in [1.82, 2.24) is 13.9 Å². The van der Waals surface area contributed by atoms with Crippen LogP contribution >= 0.6 is 0 Å². The predicted octanol–water partition coefficient (Wildman–Crippen LogP) is 3.45. The second-order valence-corrected chi connectivity index (χ2v) is 10.8. The Morgan fingerprint density at radius 1 is 1.05 bits per heavy atom. The van der Waals surface area contributed by atoms with Crippen LogP contribution in [0.25, 0.3) is 11.8 Å². The first-order chi connectivity index (χ1) is 19.2. The summed E-state index contributed by atoms with van der Waals surface area (Å²) in [5.74, 6) is -1.14. The second-order valence-electron chi connectivity index (χ2n) is 10.8. The highest BCUT2D eigenvalue weighted by Gasteiger charge is 2.58. The van der Waals surface area contributed by atoms with Gasteiger partial charge in [-0.1, -0.05) is 49.4 Å². The number of hydrogen-bond donors (Lipinski definition) is 1. The minimum absolute atomic E-state index is 0.00772. The number of allylic oxidation sites excluding steroid dienone is 5. The van der Waals surface area contributed by atoms with Crippen molar-refractivity contribution in [2.24, 2.45) is 17.3 Å². The van der Waals surface area contributed by atoms with Gasteiger partial charge in [-0.25, -0.2) is 23.5 Å². The quantitative estimate of drug-likeness (QED) is 0.509. The fourth-order valence-electron chi connectivity index (χ4n) is 6.55. The van der Waals surface area contributed by atoms with Gasteiger partial charge in [0.2, 0.25) is 0 Å². The van der Waals surface area contributed by atoms with E-state index in [4.69, 9.17) is 4.74 Å². The van der Waals surface area contributed by atoms with Crippen molar-refractivity contribution in [2.45, 2.75) is 32.9 Å². The number of para-hydroxylation sites is 1. The third-order valence-corrected chi connectivity index (χ3v) is 8.71. The number of phenols is 1. The molecule has 0 saturated heterocycles. The first-order valence-corrected chi connectivity index (χ1v) is 13.2. The number of fused-ring (bicyclic) bond motifs is 4. The smallest absolute Gasteiger partial charge is 0.352 e. The summed E-state index contributed by atoms with van der Waals surface area (Å²) >= 11 is 0. The number of Topliss-reactive ketones (excluding diaryl/α,β-unsaturated/α-hetero) is 1. The van der Waals surface area contributed by atoms with Crippen LogP contribution in [-0.2, 0) is 16.1 Å². The molecule has 2 aromatic carbocycles. The Bertz CT molecular complexity index is 1770. The Morgan fingerprint density at radius 3 is 2.52 bits per heavy atom. The van der Waals surface area contributed by atoms with Crippen LogP contribution in [0.15, 0.2) is 87.5 Å². The van der Waals surface area contributed by atoms with Crippen LogP contribution in [0.1, 0.15) is 31.9 Å². The number of aromatic hydroxyl groups is 1. The molecule has 2 aliphatic carbocycles. The Kier molecular flexibility index (Phi) is 5.90. The number of rotatable bonds is 4. The van der Waals surface area contributed by atoms with Crippen LogP contribution in [0.3, 0.4) is 0 Å². The molecule has 1 fully saturated rings. The van der Waals surface area contributed by atoms with Gasteiger partial charge in [0.05, 0.1) is 30.8 Å². The lowest BCUT2D eigenvalue weighted by Crippen LogP contribution is -2.55. The molecular weight excluding hydrogens is 510 g/mol. The molecule has 4 atom stereocenters. The number of nitrogens with zero attached hydrogens (tertiary/aromatic N) is 3. The van der Waals surface area contributed by atoms with Gasteiger partial charge in [-0.05, 0) is 60.4 Å². The number of hydrogen-bond acceptors (Lipinski definition) is 6. The number of methoxy groups -OCH3 is 1. The first kappa shape index (κ1) is 25.6. The molecule has 3 aromatic rings. The lowest BCUT2D eigenvalue weighted by molar-refractivity contribution is -0.140. The monoisotopic (exact) mass is 539 g/mol. The maximum Gasteiger partial charge on any atom is 0.352 e. The maximum absolute atomic E-state index is 13.8. The van der Waals surface area contributed by atoms with Crippen LogP contribution in [0.2, 0.25) is 0 Å². The molecule has 1 aromatic heterocycles. The lowest BCUT2D eigenvalue weighted by atomic mass is 9.52. The largest absolute Gasteiger partial charge is 0.504 e. The number of carbonyl (C=O) groups excluding carboxylic acids is 2. The van der Waals surface area contributed by atoms with Crippen LogP contribution in [0.5, 0.6) is 11.5 Å². The Labute approximate surface area is 229 Å². The SMILES string of the molecule is COc1cc(C=C[C@H]2C3=CCn4c(=O)n(-c5ccccc5)c(=O)n4[C@@H]3C[C@H]3C(=O)C(C)=CC(=O)[C@@]23C)ccc1O. The Morgan fingerprint density at radius 2 is 1.80 bits per heavy atom. The highest BCUT2D eigenvalue weighted by atomic mass is 16.5. The first-order valence-electron chi connectivity index (χ1n) is 13.2. The molecule has 0 amide bonds. The molecule has 204 valence electrons. The minimum Gasteiger partial charge on any atom is -0.504 e. The number of phenolic OH excluding ortho intramolecular Hbond substituents is 1. The molecule has 0 bridgehead atoms. The third-order valence-electron chi connectivity index (χ3n) is 8.71. The summed E-state index contributed by atoms with van der Waals surface area (Å²) in [6.07, 6.45) is 7.30. The van der Waals surface area contributed by atoms with E-state index in [1.807, 2.05) is 31.2 Å². The zero-order chi connectivity index (χ0) is 28.3. The van der Waals surface area contributed by atoms with E-state index in [1.54, 1.807) is 43.3 Å². The van der Waals surface area contributed by atoms with Crippen LogP contribution in [0, 0.1) is 17.3 Å². The number of carbonyl (C=O) groups is 2. The maximum atomic E-state index is 13.8. The normalized spacial score (nSPS) is 25.6. The van der Waals surface area contributed by atoms with Crippen molar-refractivity contribution in [3.63, 3.8) is 0 Å². The van der Waals surface area contributed by atoms with E-state index in [0.29, 0.717) is 17.0 Å². The van der Waals surface area contributed by atoms with Gasteiger partial charge in [0.1, 0.15) is 0 Å². The fourth-order valence-corrected chi connectivity index (χ4v) is 6.55. The summed E-state index contributed by atoms with van der Waals surface area (Å²) in [7, 11) is 1.46. The zero-order valence-corrected chi connectivity index (χ0v) is 22.4. The van der Waals surface area contributed by atoms with E-state index in [-0.39, 0.29) is 30.3 Å². The van der Waals surface area contributed by atoms with E-state index in [0.717, 1.165) is 15.7 Å². The highest BCUT2D eigenvalue weighted by molar-refractivity contribution is 6.12. The Hall–Kier alpha value is -4.66. The van der Waals surface area contributed by atoms with Crippen molar-refractivity contribution >= 4 is 17.6 Å². The van der Waals surface area contributed by atoms with Gasteiger partial charge in [-0.2, -0.15) is 0 Å². The minimum atomic E-state index is -1.06. The molecule has 6 rings (SSSR count). The molecule has 0 unspecified atom stereocenters. The van der Waals surface area contributed by atoms with Gasteiger partial charge in [0.25, 0.3) is 0 Å². The van der Waals surface area contributed by atoms with E-state index in [2.05, 4.69) is 0 Å². The molecular formula is C31H29N3O6. The number of benzene rings is 2. The average molecular weight is 540 g/mol. The second kappa shape index (κ2) is 9.22. The van der Waals surface area contributed by atoms with E-state index in [1.165, 1.54) is 28.6 Å². The van der Waals surface area contributed by atoms with Gasteiger partial charge in [0, 0.05) is 11.8 Å². The molecule has 1 saturated carbocycles. The summed E-state index contributed by atoms with van der Waals surface area (Å²) in [4.78, 5) is 54.4. The molecule has 40 heavy (non-hydrogen) atoms. The lowest BCUT2D eigenvalue weighted by Gasteiger charge is -2.51. The average Bonchev–Trinajstić information content (AvgIpc) is 3.21. The third kappa shape index (κ3) is 3.61. The van der Waals surface area contributed by atoms with Crippen LogP contribution in [-0.4, -0.2) is 37.7 Å². The molecule has 9 nitrogen and oxygen atoms in total. The zero-order valence-electron chi connectivity index (χ0n) is 22.4. The molecule has 3 aliphatic rings. The van der Waals surface area contributed by atoms with Gasteiger partial charge in [0.15, 0.2) is 23.1 Å². The standard InChI is InChI=1S/C31H29N3O6/c1-18-15-27(36)31(2)22(11-9-19-10-12-25(35)26(16-19)40-3)21-13-14-32-29(38)33(20-7-5-4-6-8-20)30(39)34(32)24(21)17-23(31)28(18)37/h4-13,15-16,22-24,35H,14,17H2,1-3H3/t22-,23-,24+,31-/m0/s1. The van der Waals surface area contributed by atoms with E-state index in [9.17, 15) is 24.3 Å². The van der Waals surface area contributed by atoms with Gasteiger partial charge in [-0.3, -0.25) is 9.59 Å². The van der Waals surface area contributed by atoms with Crippen LogP contribution < -0.4 is 16.1 Å². The number of ketones is 2. The van der Waals surface area contributed by atoms with Gasteiger partial charge < -0.3 is 9.84 Å². The summed E-state index contributed by atoms with van der Waals surface area (Å²) in [5.41, 5.74) is 0.419. The number of aromatic nitrogens is 3. The van der Waals surface area contributed by atoms with Crippen molar-refractivity contribution in [2.75, 3.05) is 7.11 Å².